The van der Waals surface area contributed by atoms with Crippen LogP contribution in [0.4, 0.5) is 0 Å². The molecular formula is C13H12Br2N2O2. The van der Waals surface area contributed by atoms with E-state index in [0.29, 0.717) is 29.0 Å². The zero-order valence-electron chi connectivity index (χ0n) is 10.2. The SMILES string of the molecule is COCc1nc(Cc2ccc(Br)cc2)[nH]c(=O)c1Br. The standard InChI is InChI=1S/C13H12Br2N2O2/c1-19-7-10-12(15)13(18)17-11(16-10)6-8-2-4-9(14)5-3-8/h2-5H,6-7H2,1H3,(H,16,17,18). The second-order valence-electron chi connectivity index (χ2n) is 4.01. The molecule has 1 N–H and O–H groups in total. The zero-order valence-corrected chi connectivity index (χ0v) is 13.4. The number of nitrogens with zero attached hydrogens (tertiary/aromatic N) is 1. The summed E-state index contributed by atoms with van der Waals surface area (Å²) in [5.74, 6) is 0.627. The molecule has 1 heterocycles. The first-order chi connectivity index (χ1) is 9.10. The average molecular weight is 388 g/mol. The van der Waals surface area contributed by atoms with Crippen LogP contribution in [-0.2, 0) is 17.8 Å². The molecule has 0 aliphatic heterocycles. The van der Waals surface area contributed by atoms with E-state index in [4.69, 9.17) is 4.74 Å². The first-order valence-corrected chi connectivity index (χ1v) is 7.19. The summed E-state index contributed by atoms with van der Waals surface area (Å²) < 4.78 is 6.48. The maximum absolute atomic E-state index is 11.8. The van der Waals surface area contributed by atoms with Crippen molar-refractivity contribution >= 4 is 31.9 Å². The van der Waals surface area contributed by atoms with Gasteiger partial charge in [0.2, 0.25) is 0 Å². The second kappa shape index (κ2) is 6.45. The molecule has 4 nitrogen and oxygen atoms in total. The van der Waals surface area contributed by atoms with Gasteiger partial charge in [-0.25, -0.2) is 4.98 Å². The molecule has 0 fully saturated rings. The summed E-state index contributed by atoms with van der Waals surface area (Å²) in [4.78, 5) is 18.9. The number of hydrogen-bond donors (Lipinski definition) is 1. The largest absolute Gasteiger partial charge is 0.378 e. The van der Waals surface area contributed by atoms with Gasteiger partial charge in [0.1, 0.15) is 10.3 Å². The van der Waals surface area contributed by atoms with Crippen molar-refractivity contribution in [2.45, 2.75) is 13.0 Å². The number of hydrogen-bond acceptors (Lipinski definition) is 3. The molecule has 0 atom stereocenters. The third-order valence-electron chi connectivity index (χ3n) is 2.55. The van der Waals surface area contributed by atoms with Gasteiger partial charge in [-0.3, -0.25) is 4.79 Å². The average Bonchev–Trinajstić information content (AvgIpc) is 2.38. The smallest absolute Gasteiger partial charge is 0.265 e. The number of nitrogens with one attached hydrogen (secondary N) is 1. The van der Waals surface area contributed by atoms with Gasteiger partial charge in [-0.05, 0) is 33.6 Å². The molecule has 0 bridgehead atoms. The number of methoxy groups -OCH3 is 1. The van der Waals surface area contributed by atoms with Gasteiger partial charge < -0.3 is 9.72 Å². The molecular weight excluding hydrogens is 376 g/mol. The quantitative estimate of drug-likeness (QED) is 0.877. The summed E-state index contributed by atoms with van der Waals surface area (Å²) in [5, 5.41) is 0. The number of aromatic nitrogens is 2. The van der Waals surface area contributed by atoms with Crippen LogP contribution in [0.25, 0.3) is 0 Å². The number of aromatic amines is 1. The monoisotopic (exact) mass is 386 g/mol. The van der Waals surface area contributed by atoms with Crippen LogP contribution in [0.5, 0.6) is 0 Å². The molecule has 0 aliphatic carbocycles. The molecule has 19 heavy (non-hydrogen) atoms. The van der Waals surface area contributed by atoms with Crippen LogP contribution in [0, 0.1) is 0 Å². The lowest BCUT2D eigenvalue weighted by Gasteiger charge is -2.06. The highest BCUT2D eigenvalue weighted by molar-refractivity contribution is 9.10. The van der Waals surface area contributed by atoms with Crippen LogP contribution in [0.2, 0.25) is 0 Å². The highest BCUT2D eigenvalue weighted by Crippen LogP contribution is 2.14. The number of H-pyrrole nitrogens is 1. The van der Waals surface area contributed by atoms with E-state index in [2.05, 4.69) is 41.8 Å². The Bertz CT molecular complexity index is 624. The summed E-state index contributed by atoms with van der Waals surface area (Å²) >= 11 is 6.61. The van der Waals surface area contributed by atoms with Crippen LogP contribution in [0.15, 0.2) is 38.0 Å². The van der Waals surface area contributed by atoms with E-state index in [0.717, 1.165) is 10.0 Å². The van der Waals surface area contributed by atoms with Crippen molar-refractivity contribution in [2.24, 2.45) is 0 Å². The van der Waals surface area contributed by atoms with Crippen molar-refractivity contribution in [3.63, 3.8) is 0 Å². The van der Waals surface area contributed by atoms with Gasteiger partial charge in [-0.1, -0.05) is 28.1 Å². The molecule has 2 aromatic rings. The molecule has 0 spiro atoms. The Morgan fingerprint density at radius 1 is 1.26 bits per heavy atom. The van der Waals surface area contributed by atoms with Crippen molar-refractivity contribution < 1.29 is 4.74 Å². The number of halogens is 2. The number of benzene rings is 1. The predicted molar refractivity (Wildman–Crippen MR) is 80.2 cm³/mol. The fourth-order valence-corrected chi connectivity index (χ4v) is 2.24. The van der Waals surface area contributed by atoms with Gasteiger partial charge in [0.15, 0.2) is 0 Å². The zero-order chi connectivity index (χ0) is 13.8. The molecule has 1 aromatic heterocycles. The Morgan fingerprint density at radius 3 is 2.58 bits per heavy atom. The van der Waals surface area contributed by atoms with E-state index < -0.39 is 0 Å². The highest BCUT2D eigenvalue weighted by Gasteiger charge is 2.09. The fourth-order valence-electron chi connectivity index (χ4n) is 1.67. The number of ether oxygens (including phenoxy) is 1. The summed E-state index contributed by atoms with van der Waals surface area (Å²) in [6, 6.07) is 7.90. The Hall–Kier alpha value is -0.980. The van der Waals surface area contributed by atoms with E-state index in [1.54, 1.807) is 7.11 Å². The lowest BCUT2D eigenvalue weighted by atomic mass is 10.1. The van der Waals surface area contributed by atoms with E-state index in [-0.39, 0.29) is 5.56 Å². The lowest BCUT2D eigenvalue weighted by Crippen LogP contribution is -2.16. The Labute approximate surface area is 127 Å². The van der Waals surface area contributed by atoms with Crippen LogP contribution in [-0.4, -0.2) is 17.1 Å². The summed E-state index contributed by atoms with van der Waals surface area (Å²) in [6.45, 7) is 0.303. The minimum absolute atomic E-state index is 0.186. The van der Waals surface area contributed by atoms with Crippen LogP contribution < -0.4 is 5.56 Å². The molecule has 0 radical (unpaired) electrons. The molecule has 2 rings (SSSR count). The molecule has 0 saturated heterocycles. The van der Waals surface area contributed by atoms with Crippen LogP contribution >= 0.6 is 31.9 Å². The molecule has 100 valence electrons. The number of rotatable bonds is 4. The maximum atomic E-state index is 11.8. The first kappa shape index (κ1) is 14.4. The third-order valence-corrected chi connectivity index (χ3v) is 3.89. The van der Waals surface area contributed by atoms with E-state index in [9.17, 15) is 4.79 Å². The van der Waals surface area contributed by atoms with Gasteiger partial charge in [0.05, 0.1) is 12.3 Å². The molecule has 6 heteroatoms. The maximum Gasteiger partial charge on any atom is 0.265 e. The van der Waals surface area contributed by atoms with E-state index in [1.807, 2.05) is 24.3 Å². The minimum atomic E-state index is -0.186. The Balaban J connectivity index is 2.30. The highest BCUT2D eigenvalue weighted by atomic mass is 79.9. The summed E-state index contributed by atoms with van der Waals surface area (Å²) in [6.07, 6.45) is 0.576. The molecule has 0 amide bonds. The van der Waals surface area contributed by atoms with Gasteiger partial charge in [0, 0.05) is 18.0 Å². The minimum Gasteiger partial charge on any atom is -0.378 e. The van der Waals surface area contributed by atoms with Gasteiger partial charge in [-0.2, -0.15) is 0 Å². The lowest BCUT2D eigenvalue weighted by molar-refractivity contribution is 0.180. The fraction of sp³-hybridized carbons (Fsp3) is 0.231. The topological polar surface area (TPSA) is 55.0 Å². The molecule has 0 aliphatic rings. The molecule has 0 saturated carbocycles. The molecule has 1 aromatic carbocycles. The van der Waals surface area contributed by atoms with Crippen molar-refractivity contribution in [3.05, 3.63) is 60.6 Å². The molecule has 0 unspecified atom stereocenters. The van der Waals surface area contributed by atoms with Crippen molar-refractivity contribution in [3.8, 4) is 0 Å². The normalized spacial score (nSPS) is 10.7. The van der Waals surface area contributed by atoms with E-state index >= 15 is 0 Å². The van der Waals surface area contributed by atoms with Crippen LogP contribution in [0.1, 0.15) is 17.1 Å². The Morgan fingerprint density at radius 2 is 1.95 bits per heavy atom. The van der Waals surface area contributed by atoms with Crippen LogP contribution in [0.3, 0.4) is 0 Å². The van der Waals surface area contributed by atoms with Crippen molar-refractivity contribution in [1.29, 1.82) is 0 Å². The van der Waals surface area contributed by atoms with Gasteiger partial charge in [-0.15, -0.1) is 0 Å². The summed E-state index contributed by atoms with van der Waals surface area (Å²) in [5.41, 5.74) is 1.50. The van der Waals surface area contributed by atoms with Gasteiger partial charge >= 0.3 is 0 Å². The van der Waals surface area contributed by atoms with Crippen molar-refractivity contribution in [1.82, 2.24) is 9.97 Å². The Kier molecular flexibility index (Phi) is 4.90. The van der Waals surface area contributed by atoms with Gasteiger partial charge in [0.25, 0.3) is 5.56 Å². The predicted octanol–water partition coefficient (Wildman–Crippen LogP) is 3.03. The van der Waals surface area contributed by atoms with Crippen molar-refractivity contribution in [2.75, 3.05) is 7.11 Å². The van der Waals surface area contributed by atoms with E-state index in [1.165, 1.54) is 0 Å². The summed E-state index contributed by atoms with van der Waals surface area (Å²) in [7, 11) is 1.57. The second-order valence-corrected chi connectivity index (χ2v) is 5.72. The third kappa shape index (κ3) is 3.75. The first-order valence-electron chi connectivity index (χ1n) is 5.61.